The Balaban J connectivity index is 1.85. The van der Waals surface area contributed by atoms with Gasteiger partial charge in [-0.05, 0) is 41.3 Å². The van der Waals surface area contributed by atoms with E-state index in [0.717, 1.165) is 22.2 Å². The number of phenols is 1. The van der Waals surface area contributed by atoms with Gasteiger partial charge in [0.1, 0.15) is 11.3 Å². The maximum Gasteiger partial charge on any atom is 0.141 e. The van der Waals surface area contributed by atoms with Crippen LogP contribution in [0.1, 0.15) is 5.69 Å². The second-order valence-corrected chi connectivity index (χ2v) is 5.93. The first-order chi connectivity index (χ1) is 11.7. The van der Waals surface area contributed by atoms with Crippen molar-refractivity contribution in [3.63, 3.8) is 0 Å². The van der Waals surface area contributed by atoms with Gasteiger partial charge in [0.15, 0.2) is 0 Å². The predicted molar refractivity (Wildman–Crippen MR) is 99.0 cm³/mol. The number of nitrogens with zero attached hydrogens (tertiary/aromatic N) is 1. The van der Waals surface area contributed by atoms with Gasteiger partial charge < -0.3 is 5.11 Å². The fraction of sp³-hybridized carbons (Fsp3) is 0.0455. The summed E-state index contributed by atoms with van der Waals surface area (Å²) in [5.41, 5.74) is 6.16. The lowest BCUT2D eigenvalue weighted by atomic mass is 9.97. The lowest BCUT2D eigenvalue weighted by Crippen LogP contribution is -1.89. The van der Waals surface area contributed by atoms with Crippen molar-refractivity contribution in [1.82, 2.24) is 4.98 Å². The van der Waals surface area contributed by atoms with Crippen LogP contribution in [-0.4, -0.2) is 10.1 Å². The maximum atomic E-state index is 10.1. The topological polar surface area (TPSA) is 33.1 Å². The quantitative estimate of drug-likeness (QED) is 0.524. The molecule has 0 aliphatic carbocycles. The number of hydrogen-bond donors (Lipinski definition) is 1. The summed E-state index contributed by atoms with van der Waals surface area (Å²) in [5, 5.41) is 11.1. The van der Waals surface area contributed by atoms with Gasteiger partial charge in [-0.1, -0.05) is 66.7 Å². The standard InChI is InChI=1S/C22H17NO/c1-15-14-20(19-8-5-9-21(24)22(19)23-15)18-12-10-17(11-13-18)16-6-3-2-4-7-16/h2-14,24H,1H3. The molecule has 2 heteroatoms. The average molecular weight is 311 g/mol. The third-order valence-corrected chi connectivity index (χ3v) is 4.25. The monoisotopic (exact) mass is 311 g/mol. The Bertz CT molecular complexity index is 1010. The van der Waals surface area contributed by atoms with E-state index in [1.54, 1.807) is 6.07 Å². The van der Waals surface area contributed by atoms with Gasteiger partial charge in [0.2, 0.25) is 0 Å². The predicted octanol–water partition coefficient (Wildman–Crippen LogP) is 5.58. The van der Waals surface area contributed by atoms with Gasteiger partial charge in [0.05, 0.1) is 0 Å². The summed E-state index contributed by atoms with van der Waals surface area (Å²) in [6.07, 6.45) is 0. The molecule has 1 heterocycles. The summed E-state index contributed by atoms with van der Waals surface area (Å²) in [4.78, 5) is 4.48. The molecule has 3 aromatic carbocycles. The van der Waals surface area contributed by atoms with E-state index in [2.05, 4.69) is 47.4 Å². The average Bonchev–Trinajstić information content (AvgIpc) is 2.63. The Morgan fingerprint density at radius 2 is 1.38 bits per heavy atom. The van der Waals surface area contributed by atoms with Gasteiger partial charge >= 0.3 is 0 Å². The van der Waals surface area contributed by atoms with Crippen molar-refractivity contribution in [2.24, 2.45) is 0 Å². The van der Waals surface area contributed by atoms with Crippen LogP contribution >= 0.6 is 0 Å². The molecule has 0 bridgehead atoms. The molecule has 0 saturated carbocycles. The normalized spacial score (nSPS) is 10.9. The van der Waals surface area contributed by atoms with Gasteiger partial charge in [-0.3, -0.25) is 0 Å². The molecule has 24 heavy (non-hydrogen) atoms. The van der Waals surface area contributed by atoms with Crippen LogP contribution in [0.4, 0.5) is 0 Å². The summed E-state index contributed by atoms with van der Waals surface area (Å²) in [5.74, 6) is 0.221. The highest BCUT2D eigenvalue weighted by Crippen LogP contribution is 2.33. The number of hydrogen-bond acceptors (Lipinski definition) is 2. The minimum atomic E-state index is 0.221. The SMILES string of the molecule is Cc1cc(-c2ccc(-c3ccccc3)cc2)c2cccc(O)c2n1. The van der Waals surface area contributed by atoms with E-state index in [1.165, 1.54) is 11.1 Å². The first kappa shape index (κ1) is 14.5. The van der Waals surface area contributed by atoms with E-state index in [-0.39, 0.29) is 5.75 Å². The summed E-state index contributed by atoms with van der Waals surface area (Å²) < 4.78 is 0. The van der Waals surface area contributed by atoms with Crippen LogP contribution in [0, 0.1) is 6.92 Å². The van der Waals surface area contributed by atoms with Crippen LogP contribution in [0.5, 0.6) is 5.75 Å². The van der Waals surface area contributed by atoms with Crippen LogP contribution in [0.2, 0.25) is 0 Å². The molecular formula is C22H17NO. The highest BCUT2D eigenvalue weighted by Gasteiger charge is 2.09. The van der Waals surface area contributed by atoms with E-state index < -0.39 is 0 Å². The summed E-state index contributed by atoms with van der Waals surface area (Å²) >= 11 is 0. The number of para-hydroxylation sites is 1. The highest BCUT2D eigenvalue weighted by atomic mass is 16.3. The minimum absolute atomic E-state index is 0.221. The third kappa shape index (κ3) is 2.52. The van der Waals surface area contributed by atoms with Crippen LogP contribution in [-0.2, 0) is 0 Å². The molecule has 0 radical (unpaired) electrons. The molecule has 0 saturated heterocycles. The highest BCUT2D eigenvalue weighted by molar-refractivity contribution is 5.97. The van der Waals surface area contributed by atoms with Crippen LogP contribution in [0.25, 0.3) is 33.2 Å². The van der Waals surface area contributed by atoms with Gasteiger partial charge in [0, 0.05) is 11.1 Å². The summed E-state index contributed by atoms with van der Waals surface area (Å²) in [6, 6.07) is 26.5. The Morgan fingerprint density at radius 1 is 0.708 bits per heavy atom. The van der Waals surface area contributed by atoms with Gasteiger partial charge in [-0.15, -0.1) is 0 Å². The molecule has 0 aliphatic heterocycles. The number of aromatic nitrogens is 1. The van der Waals surface area contributed by atoms with E-state index in [4.69, 9.17) is 0 Å². The number of benzene rings is 3. The second kappa shape index (κ2) is 5.82. The van der Waals surface area contributed by atoms with Gasteiger partial charge in [0.25, 0.3) is 0 Å². The molecule has 4 aromatic rings. The first-order valence-corrected chi connectivity index (χ1v) is 7.97. The van der Waals surface area contributed by atoms with Crippen molar-refractivity contribution in [2.75, 3.05) is 0 Å². The molecule has 2 nitrogen and oxygen atoms in total. The Hall–Kier alpha value is -3.13. The summed E-state index contributed by atoms with van der Waals surface area (Å²) in [7, 11) is 0. The molecule has 0 spiro atoms. The number of rotatable bonds is 2. The molecule has 0 amide bonds. The van der Waals surface area contributed by atoms with Crippen molar-refractivity contribution in [3.8, 4) is 28.0 Å². The minimum Gasteiger partial charge on any atom is -0.506 e. The number of pyridine rings is 1. The molecule has 0 aliphatic rings. The molecule has 0 fully saturated rings. The Kier molecular flexibility index (Phi) is 3.51. The third-order valence-electron chi connectivity index (χ3n) is 4.25. The number of aromatic hydroxyl groups is 1. The first-order valence-electron chi connectivity index (χ1n) is 7.97. The summed E-state index contributed by atoms with van der Waals surface area (Å²) in [6.45, 7) is 1.95. The largest absolute Gasteiger partial charge is 0.506 e. The van der Waals surface area contributed by atoms with Crippen molar-refractivity contribution < 1.29 is 5.11 Å². The second-order valence-electron chi connectivity index (χ2n) is 5.93. The van der Waals surface area contributed by atoms with Gasteiger partial charge in [-0.25, -0.2) is 4.98 Å². The molecule has 4 rings (SSSR count). The molecule has 116 valence electrons. The van der Waals surface area contributed by atoms with E-state index >= 15 is 0 Å². The molecular weight excluding hydrogens is 294 g/mol. The molecule has 0 atom stereocenters. The van der Waals surface area contributed by atoms with Crippen LogP contribution in [0.15, 0.2) is 78.9 Å². The fourth-order valence-electron chi connectivity index (χ4n) is 3.07. The Labute approximate surface area is 141 Å². The number of aryl methyl sites for hydroxylation is 1. The number of phenolic OH excluding ortho intramolecular Hbond substituents is 1. The fourth-order valence-corrected chi connectivity index (χ4v) is 3.07. The molecule has 1 aromatic heterocycles. The zero-order valence-corrected chi connectivity index (χ0v) is 13.4. The Morgan fingerprint density at radius 3 is 2.12 bits per heavy atom. The van der Waals surface area contributed by atoms with E-state index in [1.807, 2.05) is 37.3 Å². The van der Waals surface area contributed by atoms with Crippen LogP contribution in [0.3, 0.4) is 0 Å². The van der Waals surface area contributed by atoms with Crippen molar-refractivity contribution >= 4 is 10.9 Å². The van der Waals surface area contributed by atoms with Crippen LogP contribution < -0.4 is 0 Å². The smallest absolute Gasteiger partial charge is 0.141 e. The van der Waals surface area contributed by atoms with Crippen molar-refractivity contribution in [3.05, 3.63) is 84.6 Å². The number of fused-ring (bicyclic) bond motifs is 1. The molecule has 1 N–H and O–H groups in total. The lowest BCUT2D eigenvalue weighted by Gasteiger charge is -2.10. The van der Waals surface area contributed by atoms with Gasteiger partial charge in [-0.2, -0.15) is 0 Å². The zero-order chi connectivity index (χ0) is 16.5. The van der Waals surface area contributed by atoms with E-state index in [0.29, 0.717) is 5.52 Å². The van der Waals surface area contributed by atoms with Crippen molar-refractivity contribution in [1.29, 1.82) is 0 Å². The molecule has 0 unspecified atom stereocenters. The zero-order valence-electron chi connectivity index (χ0n) is 13.4. The maximum absolute atomic E-state index is 10.1. The van der Waals surface area contributed by atoms with Crippen molar-refractivity contribution in [2.45, 2.75) is 6.92 Å². The van der Waals surface area contributed by atoms with E-state index in [9.17, 15) is 5.11 Å². The lowest BCUT2D eigenvalue weighted by molar-refractivity contribution is 0.480.